The molecule has 1 aliphatic rings. The van der Waals surface area contributed by atoms with Crippen LogP contribution in [-0.4, -0.2) is 42.0 Å². The maximum absolute atomic E-state index is 12.0. The first-order valence-electron chi connectivity index (χ1n) is 6.47. The van der Waals surface area contributed by atoms with Gasteiger partial charge >= 0.3 is 6.03 Å². The smallest absolute Gasteiger partial charge is 0.325 e. The van der Waals surface area contributed by atoms with Gasteiger partial charge in [0.05, 0.1) is 6.54 Å². The third-order valence-corrected chi connectivity index (χ3v) is 2.83. The molecular formula is C13H23N3O2. The highest BCUT2D eigenvalue weighted by Crippen LogP contribution is 2.12. The fourth-order valence-electron chi connectivity index (χ4n) is 1.84. The van der Waals surface area contributed by atoms with Gasteiger partial charge in [-0.25, -0.2) is 4.79 Å². The normalized spacial score (nSPS) is 19.6. The molecule has 102 valence electrons. The average Bonchev–Trinajstić information content (AvgIpc) is 2.55. The summed E-state index contributed by atoms with van der Waals surface area (Å²) in [5, 5.41) is 5.92. The van der Waals surface area contributed by atoms with Crippen LogP contribution in [0.1, 0.15) is 33.6 Å². The van der Waals surface area contributed by atoms with Gasteiger partial charge in [0.1, 0.15) is 6.04 Å². The van der Waals surface area contributed by atoms with Crippen molar-refractivity contribution in [2.75, 3.05) is 13.1 Å². The Morgan fingerprint density at radius 3 is 2.72 bits per heavy atom. The van der Waals surface area contributed by atoms with Gasteiger partial charge in [0, 0.05) is 12.6 Å². The SMILES string of the molecule is C=C(CNC(C)C)CN1C(=O)NC(CCC)C1=O. The van der Waals surface area contributed by atoms with Gasteiger partial charge in [-0.1, -0.05) is 33.8 Å². The molecule has 0 saturated carbocycles. The number of carbonyl (C=O) groups excluding carboxylic acids is 2. The Balaban J connectivity index is 2.49. The van der Waals surface area contributed by atoms with Gasteiger partial charge in [-0.2, -0.15) is 0 Å². The van der Waals surface area contributed by atoms with Crippen molar-refractivity contribution in [1.82, 2.24) is 15.5 Å². The fraction of sp³-hybridized carbons (Fsp3) is 0.692. The second kappa shape index (κ2) is 6.54. The molecule has 0 spiro atoms. The van der Waals surface area contributed by atoms with Gasteiger partial charge in [0.15, 0.2) is 0 Å². The summed E-state index contributed by atoms with van der Waals surface area (Å²) in [6, 6.07) is -0.296. The van der Waals surface area contributed by atoms with E-state index in [1.165, 1.54) is 4.90 Å². The van der Waals surface area contributed by atoms with Crippen molar-refractivity contribution >= 4 is 11.9 Å². The summed E-state index contributed by atoms with van der Waals surface area (Å²) < 4.78 is 0. The maximum Gasteiger partial charge on any atom is 0.325 e. The summed E-state index contributed by atoms with van der Waals surface area (Å²) in [5.41, 5.74) is 0.837. The molecule has 1 fully saturated rings. The van der Waals surface area contributed by atoms with Gasteiger partial charge in [0.2, 0.25) is 0 Å². The number of imide groups is 1. The standard InChI is InChI=1S/C13H23N3O2/c1-5-6-11-12(17)16(13(18)15-11)8-10(4)7-14-9(2)3/h9,11,14H,4-8H2,1-3H3,(H,15,18). The largest absolute Gasteiger partial charge is 0.326 e. The Kier molecular flexibility index (Phi) is 5.34. The first kappa shape index (κ1) is 14.7. The molecule has 5 heteroatoms. The summed E-state index contributed by atoms with van der Waals surface area (Å²) in [5.74, 6) is -0.132. The molecule has 1 heterocycles. The quantitative estimate of drug-likeness (QED) is 0.530. The van der Waals surface area contributed by atoms with Crippen LogP contribution in [0.4, 0.5) is 4.79 Å². The van der Waals surface area contributed by atoms with Crippen LogP contribution in [0.25, 0.3) is 0 Å². The van der Waals surface area contributed by atoms with Gasteiger partial charge in [0.25, 0.3) is 5.91 Å². The molecule has 1 unspecified atom stereocenters. The number of rotatable bonds is 7. The Hall–Kier alpha value is -1.36. The molecule has 1 aliphatic heterocycles. The summed E-state index contributed by atoms with van der Waals surface area (Å²) >= 11 is 0. The van der Waals surface area contributed by atoms with Crippen molar-refractivity contribution < 1.29 is 9.59 Å². The van der Waals surface area contributed by atoms with Gasteiger partial charge in [-0.15, -0.1) is 0 Å². The first-order chi connectivity index (χ1) is 8.45. The Labute approximate surface area is 109 Å². The van der Waals surface area contributed by atoms with E-state index in [1.807, 2.05) is 20.8 Å². The molecule has 18 heavy (non-hydrogen) atoms. The molecule has 1 rings (SSSR count). The minimum Gasteiger partial charge on any atom is -0.326 e. The van der Waals surface area contributed by atoms with Crippen LogP contribution < -0.4 is 10.6 Å². The van der Waals surface area contributed by atoms with Crippen molar-refractivity contribution in [3.05, 3.63) is 12.2 Å². The third kappa shape index (κ3) is 3.84. The molecule has 0 aromatic rings. The van der Waals surface area contributed by atoms with Crippen LogP contribution in [0.5, 0.6) is 0 Å². The second-order valence-corrected chi connectivity index (χ2v) is 5.00. The topological polar surface area (TPSA) is 61.4 Å². The van der Waals surface area contributed by atoms with E-state index in [2.05, 4.69) is 17.2 Å². The lowest BCUT2D eigenvalue weighted by atomic mass is 10.1. The van der Waals surface area contributed by atoms with Crippen molar-refractivity contribution in [2.45, 2.75) is 45.7 Å². The highest BCUT2D eigenvalue weighted by molar-refractivity contribution is 6.04. The lowest BCUT2D eigenvalue weighted by Crippen LogP contribution is -2.36. The van der Waals surface area contributed by atoms with Crippen LogP contribution >= 0.6 is 0 Å². The number of carbonyl (C=O) groups is 2. The molecule has 0 bridgehead atoms. The van der Waals surface area contributed by atoms with E-state index in [0.29, 0.717) is 25.6 Å². The maximum atomic E-state index is 12.0. The highest BCUT2D eigenvalue weighted by Gasteiger charge is 2.37. The van der Waals surface area contributed by atoms with Gasteiger partial charge in [-0.3, -0.25) is 9.69 Å². The number of nitrogens with zero attached hydrogens (tertiary/aromatic N) is 1. The van der Waals surface area contributed by atoms with E-state index < -0.39 is 0 Å². The van der Waals surface area contributed by atoms with Crippen molar-refractivity contribution in [3.63, 3.8) is 0 Å². The third-order valence-electron chi connectivity index (χ3n) is 2.83. The Morgan fingerprint density at radius 1 is 1.50 bits per heavy atom. The molecule has 1 atom stereocenters. The Bertz CT molecular complexity index is 339. The van der Waals surface area contributed by atoms with E-state index >= 15 is 0 Å². The molecule has 0 aromatic carbocycles. The molecule has 5 nitrogen and oxygen atoms in total. The van der Waals surface area contributed by atoms with E-state index in [-0.39, 0.29) is 18.0 Å². The van der Waals surface area contributed by atoms with Crippen molar-refractivity contribution in [1.29, 1.82) is 0 Å². The lowest BCUT2D eigenvalue weighted by molar-refractivity contribution is -0.127. The number of nitrogens with one attached hydrogen (secondary N) is 2. The van der Waals surface area contributed by atoms with Crippen LogP contribution in [0.3, 0.4) is 0 Å². The fourth-order valence-corrected chi connectivity index (χ4v) is 1.84. The number of amides is 3. The van der Waals surface area contributed by atoms with Crippen LogP contribution in [-0.2, 0) is 4.79 Å². The van der Waals surface area contributed by atoms with E-state index in [0.717, 1.165) is 12.0 Å². The summed E-state index contributed by atoms with van der Waals surface area (Å²) in [7, 11) is 0. The van der Waals surface area contributed by atoms with E-state index in [9.17, 15) is 9.59 Å². The summed E-state index contributed by atoms with van der Waals surface area (Å²) in [6.07, 6.45) is 1.57. The monoisotopic (exact) mass is 253 g/mol. The molecular weight excluding hydrogens is 230 g/mol. The van der Waals surface area contributed by atoms with Crippen LogP contribution in [0.2, 0.25) is 0 Å². The Morgan fingerprint density at radius 2 is 2.17 bits per heavy atom. The highest BCUT2D eigenvalue weighted by atomic mass is 16.2. The van der Waals surface area contributed by atoms with Crippen LogP contribution in [0, 0.1) is 0 Å². The molecule has 0 aromatic heterocycles. The minimum atomic E-state index is -0.353. The first-order valence-corrected chi connectivity index (χ1v) is 6.47. The molecule has 3 amide bonds. The van der Waals surface area contributed by atoms with E-state index in [1.54, 1.807) is 0 Å². The predicted octanol–water partition coefficient (Wildman–Crippen LogP) is 1.26. The second-order valence-electron chi connectivity index (χ2n) is 5.00. The molecule has 2 N–H and O–H groups in total. The zero-order chi connectivity index (χ0) is 13.7. The average molecular weight is 253 g/mol. The van der Waals surface area contributed by atoms with Gasteiger partial charge in [-0.05, 0) is 12.0 Å². The number of hydrogen-bond donors (Lipinski definition) is 2. The predicted molar refractivity (Wildman–Crippen MR) is 71.2 cm³/mol. The van der Waals surface area contributed by atoms with Crippen molar-refractivity contribution in [2.24, 2.45) is 0 Å². The van der Waals surface area contributed by atoms with Gasteiger partial charge < -0.3 is 10.6 Å². The number of hydrogen-bond acceptors (Lipinski definition) is 3. The molecule has 1 saturated heterocycles. The summed E-state index contributed by atoms with van der Waals surface area (Å²) in [4.78, 5) is 24.9. The summed E-state index contributed by atoms with van der Waals surface area (Å²) in [6.45, 7) is 10.9. The van der Waals surface area contributed by atoms with E-state index in [4.69, 9.17) is 0 Å². The lowest BCUT2D eigenvalue weighted by Gasteiger charge is -2.16. The van der Waals surface area contributed by atoms with Crippen LogP contribution in [0.15, 0.2) is 12.2 Å². The molecule has 0 radical (unpaired) electrons. The van der Waals surface area contributed by atoms with Crippen molar-refractivity contribution in [3.8, 4) is 0 Å². The molecule has 0 aliphatic carbocycles. The minimum absolute atomic E-state index is 0.132. The number of urea groups is 1. The zero-order valence-electron chi connectivity index (χ0n) is 11.5. The zero-order valence-corrected chi connectivity index (χ0v) is 11.5.